The third-order valence-electron chi connectivity index (χ3n) is 5.01. The number of hydrogen-bond donors (Lipinski definition) is 1. The minimum atomic E-state index is 0.514. The van der Waals surface area contributed by atoms with Crippen molar-refractivity contribution in [2.45, 2.75) is 83.3 Å². The maximum absolute atomic E-state index is 3.79. The molecule has 2 rings (SSSR count). The smallest absolute Gasteiger partial charge is 0.0337 e. The van der Waals surface area contributed by atoms with Crippen molar-refractivity contribution < 1.29 is 0 Å². The maximum Gasteiger partial charge on any atom is 0.0337 e. The SMILES string of the molecule is CCCC(C)N1CC(CC)NCC12CCCC2. The number of rotatable bonds is 4. The van der Waals surface area contributed by atoms with Crippen LogP contribution in [0.4, 0.5) is 0 Å². The van der Waals surface area contributed by atoms with Crippen LogP contribution in [0.3, 0.4) is 0 Å². The van der Waals surface area contributed by atoms with Crippen LogP contribution >= 0.6 is 0 Å². The highest BCUT2D eigenvalue weighted by Crippen LogP contribution is 2.38. The molecule has 0 radical (unpaired) electrons. The zero-order valence-corrected chi connectivity index (χ0v) is 12.0. The lowest BCUT2D eigenvalue weighted by atomic mass is 9.88. The van der Waals surface area contributed by atoms with Crippen LogP contribution in [0, 0.1) is 0 Å². The Morgan fingerprint density at radius 2 is 2.00 bits per heavy atom. The zero-order chi connectivity index (χ0) is 12.3. The van der Waals surface area contributed by atoms with E-state index in [-0.39, 0.29) is 0 Å². The fraction of sp³-hybridized carbons (Fsp3) is 1.00. The molecule has 0 amide bonds. The Bertz CT molecular complexity index is 233. The van der Waals surface area contributed by atoms with Gasteiger partial charge < -0.3 is 5.32 Å². The van der Waals surface area contributed by atoms with E-state index in [2.05, 4.69) is 31.0 Å². The van der Waals surface area contributed by atoms with E-state index in [1.807, 2.05) is 0 Å². The molecule has 1 saturated carbocycles. The molecule has 2 heteroatoms. The predicted molar refractivity (Wildman–Crippen MR) is 74.4 cm³/mol. The number of nitrogens with one attached hydrogen (secondary N) is 1. The zero-order valence-electron chi connectivity index (χ0n) is 12.0. The Hall–Kier alpha value is -0.0800. The van der Waals surface area contributed by atoms with E-state index < -0.39 is 0 Å². The third kappa shape index (κ3) is 2.68. The molecule has 2 atom stereocenters. The Kier molecular flexibility index (Phi) is 4.48. The molecule has 2 fully saturated rings. The van der Waals surface area contributed by atoms with E-state index in [9.17, 15) is 0 Å². The molecule has 0 aromatic heterocycles. The van der Waals surface area contributed by atoms with Crippen molar-refractivity contribution in [3.05, 3.63) is 0 Å². The van der Waals surface area contributed by atoms with Crippen LogP contribution in [-0.2, 0) is 0 Å². The molecule has 17 heavy (non-hydrogen) atoms. The van der Waals surface area contributed by atoms with E-state index >= 15 is 0 Å². The van der Waals surface area contributed by atoms with Gasteiger partial charge in [-0.2, -0.15) is 0 Å². The van der Waals surface area contributed by atoms with Crippen molar-refractivity contribution in [3.63, 3.8) is 0 Å². The highest BCUT2D eigenvalue weighted by atomic mass is 15.3. The van der Waals surface area contributed by atoms with Crippen molar-refractivity contribution >= 4 is 0 Å². The van der Waals surface area contributed by atoms with Crippen molar-refractivity contribution in [3.8, 4) is 0 Å². The molecule has 0 aromatic carbocycles. The molecule has 0 bridgehead atoms. The molecule has 1 heterocycles. The van der Waals surface area contributed by atoms with Gasteiger partial charge in [-0.15, -0.1) is 0 Å². The monoisotopic (exact) mass is 238 g/mol. The number of hydrogen-bond acceptors (Lipinski definition) is 2. The van der Waals surface area contributed by atoms with Gasteiger partial charge in [0.25, 0.3) is 0 Å². The molecular weight excluding hydrogens is 208 g/mol. The van der Waals surface area contributed by atoms with Crippen molar-refractivity contribution in [2.24, 2.45) is 0 Å². The normalized spacial score (nSPS) is 30.9. The average molecular weight is 238 g/mol. The van der Waals surface area contributed by atoms with Gasteiger partial charge >= 0.3 is 0 Å². The van der Waals surface area contributed by atoms with E-state index in [1.54, 1.807) is 0 Å². The van der Waals surface area contributed by atoms with Gasteiger partial charge in [0.15, 0.2) is 0 Å². The first-order chi connectivity index (χ1) is 8.22. The largest absolute Gasteiger partial charge is 0.311 e. The van der Waals surface area contributed by atoms with Crippen LogP contribution in [0.1, 0.15) is 65.7 Å². The Morgan fingerprint density at radius 3 is 2.59 bits per heavy atom. The third-order valence-corrected chi connectivity index (χ3v) is 5.01. The number of piperazine rings is 1. The molecule has 2 unspecified atom stereocenters. The first-order valence-electron chi connectivity index (χ1n) is 7.72. The highest BCUT2D eigenvalue weighted by molar-refractivity contribution is 5.03. The summed E-state index contributed by atoms with van der Waals surface area (Å²) in [6.45, 7) is 9.59. The molecule has 100 valence electrons. The molecule has 2 nitrogen and oxygen atoms in total. The van der Waals surface area contributed by atoms with E-state index in [4.69, 9.17) is 0 Å². The van der Waals surface area contributed by atoms with Crippen LogP contribution in [0.5, 0.6) is 0 Å². The van der Waals surface area contributed by atoms with Crippen molar-refractivity contribution in [1.29, 1.82) is 0 Å². The highest BCUT2D eigenvalue weighted by Gasteiger charge is 2.44. The van der Waals surface area contributed by atoms with Crippen LogP contribution in [0.15, 0.2) is 0 Å². The van der Waals surface area contributed by atoms with Gasteiger partial charge in [-0.1, -0.05) is 33.1 Å². The second-order valence-corrected chi connectivity index (χ2v) is 6.21. The van der Waals surface area contributed by atoms with Gasteiger partial charge in [-0.05, 0) is 32.6 Å². The second-order valence-electron chi connectivity index (χ2n) is 6.21. The van der Waals surface area contributed by atoms with Crippen LogP contribution in [-0.4, -0.2) is 35.6 Å². The molecule has 1 N–H and O–H groups in total. The molecule has 1 aliphatic carbocycles. The fourth-order valence-electron chi connectivity index (χ4n) is 3.92. The topological polar surface area (TPSA) is 15.3 Å². The van der Waals surface area contributed by atoms with Crippen LogP contribution in [0.2, 0.25) is 0 Å². The summed E-state index contributed by atoms with van der Waals surface area (Å²) < 4.78 is 0. The summed E-state index contributed by atoms with van der Waals surface area (Å²) in [5, 5.41) is 3.79. The molecule has 1 aliphatic heterocycles. The van der Waals surface area contributed by atoms with Gasteiger partial charge in [-0.25, -0.2) is 0 Å². The predicted octanol–water partition coefficient (Wildman–Crippen LogP) is 3.17. The lowest BCUT2D eigenvalue weighted by Crippen LogP contribution is -2.65. The first-order valence-corrected chi connectivity index (χ1v) is 7.72. The van der Waals surface area contributed by atoms with Crippen molar-refractivity contribution in [2.75, 3.05) is 13.1 Å². The van der Waals surface area contributed by atoms with Gasteiger partial charge in [0.2, 0.25) is 0 Å². The maximum atomic E-state index is 3.79. The Labute approximate surface area is 107 Å². The summed E-state index contributed by atoms with van der Waals surface area (Å²) in [4.78, 5) is 2.87. The summed E-state index contributed by atoms with van der Waals surface area (Å²) in [7, 11) is 0. The Morgan fingerprint density at radius 1 is 1.29 bits per heavy atom. The molecule has 2 aliphatic rings. The molecular formula is C15H30N2. The summed E-state index contributed by atoms with van der Waals surface area (Å²) in [5.74, 6) is 0. The Balaban J connectivity index is 2.08. The minimum absolute atomic E-state index is 0.514. The van der Waals surface area contributed by atoms with E-state index in [0.29, 0.717) is 5.54 Å². The quantitative estimate of drug-likeness (QED) is 0.809. The van der Waals surface area contributed by atoms with E-state index in [1.165, 1.54) is 58.0 Å². The lowest BCUT2D eigenvalue weighted by Gasteiger charge is -2.51. The van der Waals surface area contributed by atoms with Crippen LogP contribution in [0.25, 0.3) is 0 Å². The minimum Gasteiger partial charge on any atom is -0.311 e. The van der Waals surface area contributed by atoms with Gasteiger partial charge in [-0.3, -0.25) is 4.90 Å². The molecule has 1 spiro atoms. The standard InChI is InChI=1S/C15H30N2/c1-4-8-13(3)17-11-14(5-2)16-12-15(17)9-6-7-10-15/h13-14,16H,4-12H2,1-3H3. The number of nitrogens with zero attached hydrogens (tertiary/aromatic N) is 1. The average Bonchev–Trinajstić information content (AvgIpc) is 2.79. The first kappa shape index (κ1) is 13.4. The summed E-state index contributed by atoms with van der Waals surface area (Å²) in [5.41, 5.74) is 0.514. The molecule has 0 aromatic rings. The molecule has 1 saturated heterocycles. The lowest BCUT2D eigenvalue weighted by molar-refractivity contribution is 0.00715. The van der Waals surface area contributed by atoms with Gasteiger partial charge in [0.1, 0.15) is 0 Å². The summed E-state index contributed by atoms with van der Waals surface area (Å²) in [6.07, 6.45) is 9.66. The van der Waals surface area contributed by atoms with Gasteiger partial charge in [0.05, 0.1) is 0 Å². The fourth-order valence-corrected chi connectivity index (χ4v) is 3.92. The summed E-state index contributed by atoms with van der Waals surface area (Å²) >= 11 is 0. The summed E-state index contributed by atoms with van der Waals surface area (Å²) in [6, 6.07) is 1.50. The second kappa shape index (κ2) is 5.71. The van der Waals surface area contributed by atoms with Gasteiger partial charge in [0, 0.05) is 30.7 Å². The van der Waals surface area contributed by atoms with Crippen LogP contribution < -0.4 is 5.32 Å². The van der Waals surface area contributed by atoms with E-state index in [0.717, 1.165) is 12.1 Å². The van der Waals surface area contributed by atoms with Crippen molar-refractivity contribution in [1.82, 2.24) is 10.2 Å².